The molecule has 4 heteroatoms. The van der Waals surface area contributed by atoms with Crippen LogP contribution in [0.5, 0.6) is 0 Å². The lowest BCUT2D eigenvalue weighted by Crippen LogP contribution is -2.37. The van der Waals surface area contributed by atoms with E-state index in [4.69, 9.17) is 5.11 Å². The van der Waals surface area contributed by atoms with E-state index in [1.165, 1.54) is 0 Å². The zero-order valence-corrected chi connectivity index (χ0v) is 11.9. The summed E-state index contributed by atoms with van der Waals surface area (Å²) in [6.07, 6.45) is 1.12. The Hall–Kier alpha value is -0.610. The summed E-state index contributed by atoms with van der Waals surface area (Å²) in [6, 6.07) is 0. The van der Waals surface area contributed by atoms with Crippen molar-refractivity contribution in [2.24, 2.45) is 11.8 Å². The first-order chi connectivity index (χ1) is 7.82. The van der Waals surface area contributed by atoms with Crippen molar-refractivity contribution in [1.82, 2.24) is 9.80 Å². The summed E-state index contributed by atoms with van der Waals surface area (Å²) in [5, 5.41) is 8.95. The number of carboxylic acids is 1. The molecule has 0 aliphatic heterocycles. The summed E-state index contributed by atoms with van der Waals surface area (Å²) in [7, 11) is 4.09. The standard InChI is InChI=1S/C13H28N2O2/c1-11(2)6-7-15(9-8-14(4)5)10-12(3)13(16)17/h11-12H,6-10H2,1-5H3,(H,16,17). The van der Waals surface area contributed by atoms with Crippen LogP contribution in [0.3, 0.4) is 0 Å². The molecule has 1 unspecified atom stereocenters. The smallest absolute Gasteiger partial charge is 0.307 e. The predicted octanol–water partition coefficient (Wildman–Crippen LogP) is 1.62. The van der Waals surface area contributed by atoms with E-state index in [1.807, 2.05) is 14.1 Å². The highest BCUT2D eigenvalue weighted by atomic mass is 16.4. The Morgan fingerprint density at radius 1 is 1.12 bits per heavy atom. The fraction of sp³-hybridized carbons (Fsp3) is 0.923. The number of nitrogens with zero attached hydrogens (tertiary/aromatic N) is 2. The molecule has 0 aromatic rings. The summed E-state index contributed by atoms with van der Waals surface area (Å²) < 4.78 is 0. The van der Waals surface area contributed by atoms with E-state index in [2.05, 4.69) is 23.6 Å². The molecule has 0 aliphatic carbocycles. The van der Waals surface area contributed by atoms with Gasteiger partial charge in [0.15, 0.2) is 0 Å². The molecule has 0 radical (unpaired) electrons. The summed E-state index contributed by atoms with van der Waals surface area (Å²) in [4.78, 5) is 15.3. The Kier molecular flexibility index (Phi) is 8.17. The largest absolute Gasteiger partial charge is 0.481 e. The van der Waals surface area contributed by atoms with Gasteiger partial charge in [-0.2, -0.15) is 0 Å². The van der Waals surface area contributed by atoms with Crippen LogP contribution in [0, 0.1) is 11.8 Å². The zero-order valence-electron chi connectivity index (χ0n) is 11.9. The van der Waals surface area contributed by atoms with Crippen molar-refractivity contribution in [3.8, 4) is 0 Å². The van der Waals surface area contributed by atoms with Crippen LogP contribution < -0.4 is 0 Å². The number of likely N-dealkylation sites (N-methyl/N-ethyl adjacent to an activating group) is 1. The van der Waals surface area contributed by atoms with Crippen molar-refractivity contribution in [3.05, 3.63) is 0 Å². The molecule has 4 nitrogen and oxygen atoms in total. The maximum atomic E-state index is 10.9. The Labute approximate surface area is 106 Å². The first-order valence-corrected chi connectivity index (χ1v) is 6.42. The molecule has 102 valence electrons. The van der Waals surface area contributed by atoms with Crippen LogP contribution in [0.15, 0.2) is 0 Å². The maximum Gasteiger partial charge on any atom is 0.307 e. The molecule has 0 heterocycles. The van der Waals surface area contributed by atoms with Gasteiger partial charge in [-0.15, -0.1) is 0 Å². The van der Waals surface area contributed by atoms with Crippen LogP contribution in [-0.4, -0.2) is 61.2 Å². The zero-order chi connectivity index (χ0) is 13.4. The number of hydrogen-bond acceptors (Lipinski definition) is 3. The third-order valence-electron chi connectivity index (χ3n) is 2.84. The molecule has 1 atom stereocenters. The predicted molar refractivity (Wildman–Crippen MR) is 71.2 cm³/mol. The average Bonchev–Trinajstić information content (AvgIpc) is 2.21. The molecular formula is C13H28N2O2. The molecule has 0 bridgehead atoms. The Bertz CT molecular complexity index is 205. The molecule has 0 aromatic heterocycles. The molecule has 0 rings (SSSR count). The van der Waals surface area contributed by atoms with Gasteiger partial charge >= 0.3 is 5.97 Å². The summed E-state index contributed by atoms with van der Waals surface area (Å²) in [5.41, 5.74) is 0. The molecule has 0 spiro atoms. The SMILES string of the molecule is CC(C)CCN(CCN(C)C)CC(C)C(=O)O. The Balaban J connectivity index is 4.14. The topological polar surface area (TPSA) is 43.8 Å². The molecule has 0 saturated carbocycles. The number of carboxylic acid groups (broad SMARTS) is 1. The van der Waals surface area contributed by atoms with Crippen molar-refractivity contribution in [2.75, 3.05) is 40.3 Å². The van der Waals surface area contributed by atoms with E-state index in [-0.39, 0.29) is 5.92 Å². The quantitative estimate of drug-likeness (QED) is 0.669. The first kappa shape index (κ1) is 16.4. The second kappa shape index (κ2) is 8.48. The Morgan fingerprint density at radius 3 is 2.12 bits per heavy atom. The normalized spacial score (nSPS) is 13.6. The van der Waals surface area contributed by atoms with Gasteiger partial charge in [-0.3, -0.25) is 4.79 Å². The number of rotatable bonds is 9. The lowest BCUT2D eigenvalue weighted by atomic mass is 10.1. The summed E-state index contributed by atoms with van der Waals surface area (Å²) >= 11 is 0. The number of carbonyl (C=O) groups is 1. The molecule has 0 saturated heterocycles. The van der Waals surface area contributed by atoms with Crippen LogP contribution in [-0.2, 0) is 4.79 Å². The minimum absolute atomic E-state index is 0.288. The highest BCUT2D eigenvalue weighted by molar-refractivity contribution is 5.69. The molecule has 1 N–H and O–H groups in total. The van der Waals surface area contributed by atoms with E-state index in [9.17, 15) is 4.79 Å². The van der Waals surface area contributed by atoms with Crippen LogP contribution >= 0.6 is 0 Å². The maximum absolute atomic E-state index is 10.9. The average molecular weight is 244 g/mol. The van der Waals surface area contributed by atoms with Gasteiger partial charge in [0, 0.05) is 19.6 Å². The number of hydrogen-bond donors (Lipinski definition) is 1. The highest BCUT2D eigenvalue weighted by Gasteiger charge is 2.16. The van der Waals surface area contributed by atoms with Crippen molar-refractivity contribution in [3.63, 3.8) is 0 Å². The van der Waals surface area contributed by atoms with E-state index >= 15 is 0 Å². The van der Waals surface area contributed by atoms with Crippen molar-refractivity contribution in [2.45, 2.75) is 27.2 Å². The van der Waals surface area contributed by atoms with E-state index in [1.54, 1.807) is 6.92 Å². The third kappa shape index (κ3) is 9.12. The van der Waals surface area contributed by atoms with Crippen molar-refractivity contribution < 1.29 is 9.90 Å². The van der Waals surface area contributed by atoms with Crippen molar-refractivity contribution in [1.29, 1.82) is 0 Å². The molecular weight excluding hydrogens is 216 g/mol. The van der Waals surface area contributed by atoms with Gasteiger partial charge in [-0.05, 0) is 33.0 Å². The fourth-order valence-electron chi connectivity index (χ4n) is 1.54. The molecule has 0 aromatic carbocycles. The van der Waals surface area contributed by atoms with Crippen molar-refractivity contribution >= 4 is 5.97 Å². The monoisotopic (exact) mass is 244 g/mol. The molecule has 17 heavy (non-hydrogen) atoms. The number of aliphatic carboxylic acids is 1. The van der Waals surface area contributed by atoms with Gasteiger partial charge in [0.05, 0.1) is 5.92 Å². The summed E-state index contributed by atoms with van der Waals surface area (Å²) in [5.74, 6) is -0.328. The minimum Gasteiger partial charge on any atom is -0.481 e. The van der Waals surface area contributed by atoms with E-state index in [0.29, 0.717) is 12.5 Å². The van der Waals surface area contributed by atoms with Crippen LogP contribution in [0.25, 0.3) is 0 Å². The van der Waals surface area contributed by atoms with E-state index in [0.717, 1.165) is 26.1 Å². The molecule has 0 amide bonds. The van der Waals surface area contributed by atoms with Crippen LogP contribution in [0.2, 0.25) is 0 Å². The van der Waals surface area contributed by atoms with Gasteiger partial charge in [0.1, 0.15) is 0 Å². The van der Waals surface area contributed by atoms with E-state index < -0.39 is 5.97 Å². The molecule has 0 fully saturated rings. The second-order valence-electron chi connectivity index (χ2n) is 5.53. The highest BCUT2D eigenvalue weighted by Crippen LogP contribution is 2.06. The van der Waals surface area contributed by atoms with Gasteiger partial charge in [-0.1, -0.05) is 20.8 Å². The van der Waals surface area contributed by atoms with Gasteiger partial charge < -0.3 is 14.9 Å². The Morgan fingerprint density at radius 2 is 1.71 bits per heavy atom. The minimum atomic E-state index is -0.704. The fourth-order valence-corrected chi connectivity index (χ4v) is 1.54. The first-order valence-electron chi connectivity index (χ1n) is 6.42. The van der Waals surface area contributed by atoms with Gasteiger partial charge in [0.2, 0.25) is 0 Å². The van der Waals surface area contributed by atoms with Crippen LogP contribution in [0.4, 0.5) is 0 Å². The second-order valence-corrected chi connectivity index (χ2v) is 5.53. The van der Waals surface area contributed by atoms with Crippen LogP contribution in [0.1, 0.15) is 27.2 Å². The summed E-state index contributed by atoms with van der Waals surface area (Å²) in [6.45, 7) is 9.73. The van der Waals surface area contributed by atoms with Gasteiger partial charge in [-0.25, -0.2) is 0 Å². The third-order valence-corrected chi connectivity index (χ3v) is 2.84. The molecule has 0 aliphatic rings. The van der Waals surface area contributed by atoms with Gasteiger partial charge in [0.25, 0.3) is 0 Å². The lowest BCUT2D eigenvalue weighted by Gasteiger charge is -2.26. The lowest BCUT2D eigenvalue weighted by molar-refractivity contribution is -0.141.